The van der Waals surface area contributed by atoms with Crippen molar-refractivity contribution >= 4 is 44.4 Å². The molecule has 1 amide bonds. The van der Waals surface area contributed by atoms with Crippen molar-refractivity contribution in [2.75, 3.05) is 11.6 Å². The average molecular weight is 256 g/mol. The summed E-state index contributed by atoms with van der Waals surface area (Å²) in [4.78, 5) is 11.2. The normalized spacial score (nSPS) is 10.6. The summed E-state index contributed by atoms with van der Waals surface area (Å²) in [5.74, 6) is -0.491. The number of aromatic hydroxyl groups is 2. The average Bonchev–Trinajstić information content (AvgIpc) is 2.67. The van der Waals surface area contributed by atoms with E-state index < -0.39 is 0 Å². The highest BCUT2D eigenvalue weighted by atomic mass is 32.2. The lowest BCUT2D eigenvalue weighted by Gasteiger charge is -2.02. The highest BCUT2D eigenvalue weighted by Gasteiger charge is 2.15. The van der Waals surface area contributed by atoms with Crippen molar-refractivity contribution < 1.29 is 15.0 Å². The van der Waals surface area contributed by atoms with Crippen LogP contribution in [0, 0.1) is 0 Å². The molecule has 1 aromatic heterocycles. The molecule has 5 nitrogen and oxygen atoms in total. The number of hydrogen-bond donors (Lipinski definition) is 3. The van der Waals surface area contributed by atoms with E-state index >= 15 is 0 Å². The lowest BCUT2D eigenvalue weighted by atomic mass is 10.2. The van der Waals surface area contributed by atoms with Crippen LogP contribution in [-0.2, 0) is 0 Å². The molecule has 0 atom stereocenters. The van der Waals surface area contributed by atoms with Crippen LogP contribution in [0.2, 0.25) is 0 Å². The van der Waals surface area contributed by atoms with Crippen LogP contribution in [0.3, 0.4) is 0 Å². The van der Waals surface area contributed by atoms with Crippen LogP contribution >= 0.6 is 23.3 Å². The van der Waals surface area contributed by atoms with Crippen LogP contribution in [0.5, 0.6) is 11.5 Å². The van der Waals surface area contributed by atoms with Gasteiger partial charge in [0.15, 0.2) is 11.5 Å². The molecule has 0 unspecified atom stereocenters. The number of hydrogen-bond acceptors (Lipinski definition) is 6. The molecule has 1 heterocycles. The molecule has 0 aliphatic heterocycles. The van der Waals surface area contributed by atoms with Gasteiger partial charge in [0.25, 0.3) is 5.24 Å². The fourth-order valence-corrected chi connectivity index (χ4v) is 2.28. The molecule has 2 aromatic rings. The molecule has 2 rings (SSSR count). The quantitative estimate of drug-likeness (QED) is 0.683. The number of thioether (sulfide) groups is 1. The highest BCUT2D eigenvalue weighted by molar-refractivity contribution is 8.13. The van der Waals surface area contributed by atoms with Gasteiger partial charge in [-0.25, -0.2) is 0 Å². The predicted octanol–water partition coefficient (Wildman–Crippen LogP) is 2.60. The molecule has 0 radical (unpaired) electrons. The number of phenols is 2. The van der Waals surface area contributed by atoms with Crippen molar-refractivity contribution in [1.82, 2.24) is 4.37 Å². The molecule has 0 saturated carbocycles. The van der Waals surface area contributed by atoms with Crippen molar-refractivity contribution in [2.24, 2.45) is 0 Å². The molecule has 3 N–H and O–H groups in total. The van der Waals surface area contributed by atoms with E-state index in [2.05, 4.69) is 9.69 Å². The standard InChI is InChI=1S/C9H8N2O3S2/c1-15-9(14)10-8-6-4(11-16-8)2-3-5(12)7(6)13/h2-3,12-13H,1H3,(H,10,14). The summed E-state index contributed by atoms with van der Waals surface area (Å²) in [6, 6.07) is 2.94. The second kappa shape index (κ2) is 4.18. The lowest BCUT2D eigenvalue weighted by molar-refractivity contribution is 0.270. The first-order valence-corrected chi connectivity index (χ1v) is 6.28. The Morgan fingerprint density at radius 1 is 1.50 bits per heavy atom. The largest absolute Gasteiger partial charge is 0.504 e. The number of rotatable bonds is 1. The zero-order valence-electron chi connectivity index (χ0n) is 8.22. The van der Waals surface area contributed by atoms with Crippen LogP contribution in [0.15, 0.2) is 12.1 Å². The third kappa shape index (κ3) is 1.79. The zero-order valence-corrected chi connectivity index (χ0v) is 9.85. The van der Waals surface area contributed by atoms with E-state index in [0.717, 1.165) is 23.3 Å². The van der Waals surface area contributed by atoms with Gasteiger partial charge in [-0.1, -0.05) is 11.8 Å². The van der Waals surface area contributed by atoms with Crippen LogP contribution < -0.4 is 5.32 Å². The molecule has 0 bridgehead atoms. The summed E-state index contributed by atoms with van der Waals surface area (Å²) in [6.07, 6.45) is 1.65. The summed E-state index contributed by atoms with van der Waals surface area (Å²) in [7, 11) is 0. The Morgan fingerprint density at radius 2 is 2.25 bits per heavy atom. The second-order valence-corrected chi connectivity index (χ2v) is 4.51. The fraction of sp³-hybridized carbons (Fsp3) is 0.111. The van der Waals surface area contributed by atoms with Gasteiger partial charge in [-0.3, -0.25) is 4.79 Å². The van der Waals surface area contributed by atoms with E-state index in [9.17, 15) is 15.0 Å². The minimum absolute atomic E-state index is 0.229. The number of phenolic OH excluding ortho intramolecular Hbond substituents is 2. The molecular weight excluding hydrogens is 248 g/mol. The first kappa shape index (κ1) is 11.0. The summed E-state index contributed by atoms with van der Waals surface area (Å²) < 4.78 is 4.05. The van der Waals surface area contributed by atoms with E-state index in [1.165, 1.54) is 6.07 Å². The number of amides is 1. The van der Waals surface area contributed by atoms with Gasteiger partial charge in [0.05, 0.1) is 10.9 Å². The first-order chi connectivity index (χ1) is 7.63. The SMILES string of the molecule is CSC(=O)Nc1snc2ccc(O)c(O)c12. The van der Waals surface area contributed by atoms with E-state index in [4.69, 9.17) is 0 Å². The number of carbonyl (C=O) groups is 1. The molecule has 1 aromatic carbocycles. The maximum atomic E-state index is 11.2. The predicted molar refractivity (Wildman–Crippen MR) is 65.5 cm³/mol. The molecule has 84 valence electrons. The van der Waals surface area contributed by atoms with E-state index in [1.807, 2.05) is 0 Å². The molecule has 16 heavy (non-hydrogen) atoms. The number of anilines is 1. The minimum atomic E-state index is -0.261. The molecular formula is C9H8N2O3S2. The van der Waals surface area contributed by atoms with Gasteiger partial charge in [-0.15, -0.1) is 0 Å². The summed E-state index contributed by atoms with van der Waals surface area (Å²) in [6.45, 7) is 0. The van der Waals surface area contributed by atoms with Gasteiger partial charge in [-0.2, -0.15) is 4.37 Å². The number of fused-ring (bicyclic) bond motifs is 1. The number of nitrogens with one attached hydrogen (secondary N) is 1. The van der Waals surface area contributed by atoms with Crippen LogP contribution in [0.25, 0.3) is 10.9 Å². The maximum absolute atomic E-state index is 11.2. The van der Waals surface area contributed by atoms with E-state index in [1.54, 1.807) is 12.3 Å². The molecule has 0 fully saturated rings. The maximum Gasteiger partial charge on any atom is 0.283 e. The van der Waals surface area contributed by atoms with Crippen molar-refractivity contribution in [3.8, 4) is 11.5 Å². The van der Waals surface area contributed by atoms with Crippen molar-refractivity contribution in [3.05, 3.63) is 12.1 Å². The topological polar surface area (TPSA) is 82.5 Å². The van der Waals surface area contributed by atoms with Gasteiger partial charge < -0.3 is 15.5 Å². The van der Waals surface area contributed by atoms with Gasteiger partial charge >= 0.3 is 0 Å². The smallest absolute Gasteiger partial charge is 0.283 e. The van der Waals surface area contributed by atoms with Gasteiger partial charge in [0.2, 0.25) is 0 Å². The molecule has 7 heteroatoms. The van der Waals surface area contributed by atoms with Gasteiger partial charge in [0.1, 0.15) is 5.00 Å². The number of benzene rings is 1. The Morgan fingerprint density at radius 3 is 2.94 bits per heavy atom. The van der Waals surface area contributed by atoms with Gasteiger partial charge in [0, 0.05) is 0 Å². The zero-order chi connectivity index (χ0) is 11.7. The third-order valence-electron chi connectivity index (χ3n) is 2.00. The summed E-state index contributed by atoms with van der Waals surface area (Å²) in [5, 5.41) is 22.2. The Balaban J connectivity index is 2.54. The lowest BCUT2D eigenvalue weighted by Crippen LogP contribution is -2.02. The Hall–Kier alpha value is -1.47. The number of carbonyl (C=O) groups excluding carboxylic acids is 1. The fourth-order valence-electron chi connectivity index (χ4n) is 1.24. The van der Waals surface area contributed by atoms with E-state index in [0.29, 0.717) is 15.9 Å². The van der Waals surface area contributed by atoms with Gasteiger partial charge in [-0.05, 0) is 29.9 Å². The molecule has 0 spiro atoms. The van der Waals surface area contributed by atoms with Crippen LogP contribution in [0.1, 0.15) is 0 Å². The first-order valence-electron chi connectivity index (χ1n) is 4.28. The summed E-state index contributed by atoms with van der Waals surface area (Å²) >= 11 is 2.09. The third-order valence-corrected chi connectivity index (χ3v) is 3.25. The Kier molecular flexibility index (Phi) is 2.88. The highest BCUT2D eigenvalue weighted by Crippen LogP contribution is 2.40. The van der Waals surface area contributed by atoms with Crippen molar-refractivity contribution in [1.29, 1.82) is 0 Å². The second-order valence-electron chi connectivity index (χ2n) is 2.96. The van der Waals surface area contributed by atoms with E-state index in [-0.39, 0.29) is 16.7 Å². The molecule has 0 aliphatic rings. The monoisotopic (exact) mass is 256 g/mol. The number of nitrogens with zero attached hydrogens (tertiary/aromatic N) is 1. The molecule has 0 aliphatic carbocycles. The Bertz CT molecular complexity index is 553. The molecule has 0 saturated heterocycles. The van der Waals surface area contributed by atoms with Crippen molar-refractivity contribution in [3.63, 3.8) is 0 Å². The van der Waals surface area contributed by atoms with Crippen LogP contribution in [-0.4, -0.2) is 26.1 Å². The minimum Gasteiger partial charge on any atom is -0.504 e. The van der Waals surface area contributed by atoms with Crippen molar-refractivity contribution in [2.45, 2.75) is 0 Å². The summed E-state index contributed by atoms with van der Waals surface area (Å²) in [5.41, 5.74) is 0.539. The number of aromatic nitrogens is 1. The van der Waals surface area contributed by atoms with Crippen LogP contribution in [0.4, 0.5) is 9.80 Å². The Labute approximate surface area is 99.3 Å².